The van der Waals surface area contributed by atoms with E-state index in [1.54, 1.807) is 18.2 Å². The first-order chi connectivity index (χ1) is 8.97. The molecule has 0 heterocycles. The van der Waals surface area contributed by atoms with Gasteiger partial charge < -0.3 is 5.73 Å². The third-order valence-corrected chi connectivity index (χ3v) is 3.55. The number of benzene rings is 2. The van der Waals surface area contributed by atoms with Crippen molar-refractivity contribution in [3.8, 4) is 0 Å². The Bertz CT molecular complexity index is 643. The summed E-state index contributed by atoms with van der Waals surface area (Å²) in [6.07, 6.45) is 0. The largest absolute Gasteiger partial charge is 0.398 e. The molecule has 0 saturated carbocycles. The molecular weight excluding hydrogens is 268 g/mol. The number of nitrogens with two attached hydrogens (primary N) is 1. The van der Waals surface area contributed by atoms with E-state index in [1.807, 2.05) is 0 Å². The zero-order valence-electron chi connectivity index (χ0n) is 10.1. The molecule has 0 amide bonds. The predicted octanol–water partition coefficient (Wildman–Crippen LogP) is 3.90. The van der Waals surface area contributed by atoms with Crippen LogP contribution in [-0.4, -0.2) is 5.78 Å². The highest BCUT2D eigenvalue weighted by molar-refractivity contribution is 7.99. The van der Waals surface area contributed by atoms with Crippen molar-refractivity contribution in [2.45, 2.75) is 16.7 Å². The smallest absolute Gasteiger partial charge is 0.161 e. The fourth-order valence-electron chi connectivity index (χ4n) is 1.59. The van der Waals surface area contributed by atoms with Crippen LogP contribution in [0.25, 0.3) is 0 Å². The number of carbonyl (C=O) groups excluding carboxylic acids is 1. The Morgan fingerprint density at radius 3 is 2.58 bits per heavy atom. The number of hydrogen-bond donors (Lipinski definition) is 1. The summed E-state index contributed by atoms with van der Waals surface area (Å²) in [4.78, 5) is 12.2. The summed E-state index contributed by atoms with van der Waals surface area (Å²) in [5.74, 6) is -1.18. The Morgan fingerprint density at radius 2 is 1.89 bits per heavy atom. The number of halogens is 2. The topological polar surface area (TPSA) is 43.1 Å². The molecule has 0 spiro atoms. The molecule has 2 rings (SSSR count). The van der Waals surface area contributed by atoms with Gasteiger partial charge in [-0.1, -0.05) is 11.8 Å². The van der Waals surface area contributed by atoms with Crippen molar-refractivity contribution in [2.24, 2.45) is 0 Å². The van der Waals surface area contributed by atoms with E-state index >= 15 is 0 Å². The first-order valence-electron chi connectivity index (χ1n) is 5.51. The van der Waals surface area contributed by atoms with Crippen molar-refractivity contribution in [1.82, 2.24) is 0 Å². The Morgan fingerprint density at radius 1 is 1.16 bits per heavy atom. The minimum Gasteiger partial charge on any atom is -0.398 e. The summed E-state index contributed by atoms with van der Waals surface area (Å²) in [7, 11) is 0. The fourth-order valence-corrected chi connectivity index (χ4v) is 2.49. The molecule has 0 aromatic heterocycles. The van der Waals surface area contributed by atoms with Crippen LogP contribution < -0.4 is 5.73 Å². The van der Waals surface area contributed by atoms with E-state index in [4.69, 9.17) is 5.73 Å². The molecule has 0 bridgehead atoms. The third kappa shape index (κ3) is 3.12. The van der Waals surface area contributed by atoms with E-state index in [-0.39, 0.29) is 10.7 Å². The molecule has 0 saturated heterocycles. The molecule has 2 aromatic carbocycles. The lowest BCUT2D eigenvalue weighted by Crippen LogP contribution is -1.99. The Hall–Kier alpha value is -1.88. The highest BCUT2D eigenvalue weighted by atomic mass is 32.2. The Labute approximate surface area is 113 Å². The van der Waals surface area contributed by atoms with Crippen LogP contribution in [0.1, 0.15) is 17.3 Å². The van der Waals surface area contributed by atoms with E-state index < -0.39 is 11.6 Å². The summed E-state index contributed by atoms with van der Waals surface area (Å²) in [6, 6.07) is 8.06. The van der Waals surface area contributed by atoms with Gasteiger partial charge in [-0.2, -0.15) is 0 Å². The van der Waals surface area contributed by atoms with Crippen molar-refractivity contribution in [1.29, 1.82) is 0 Å². The molecule has 0 aliphatic rings. The quantitative estimate of drug-likeness (QED) is 0.684. The molecule has 0 aliphatic carbocycles. The molecule has 2 aromatic rings. The normalized spacial score (nSPS) is 10.5. The van der Waals surface area contributed by atoms with E-state index in [2.05, 4.69) is 0 Å². The van der Waals surface area contributed by atoms with Crippen molar-refractivity contribution < 1.29 is 13.6 Å². The number of anilines is 1. The molecule has 0 radical (unpaired) electrons. The van der Waals surface area contributed by atoms with Crippen LogP contribution in [-0.2, 0) is 0 Å². The molecule has 2 nitrogen and oxygen atoms in total. The maximum Gasteiger partial charge on any atom is 0.161 e. The molecule has 0 unspecified atom stereocenters. The Kier molecular flexibility index (Phi) is 3.85. The van der Waals surface area contributed by atoms with E-state index in [9.17, 15) is 13.6 Å². The molecule has 0 atom stereocenters. The van der Waals surface area contributed by atoms with Gasteiger partial charge in [-0.05, 0) is 43.3 Å². The summed E-state index contributed by atoms with van der Waals surface area (Å²) in [5, 5.41) is 0. The van der Waals surface area contributed by atoms with Gasteiger partial charge in [0.2, 0.25) is 0 Å². The number of ketones is 1. The van der Waals surface area contributed by atoms with Crippen LogP contribution in [0.15, 0.2) is 46.2 Å². The van der Waals surface area contributed by atoms with E-state index in [0.29, 0.717) is 16.1 Å². The second-order valence-electron chi connectivity index (χ2n) is 3.98. The molecule has 2 N–H and O–H groups in total. The maximum absolute atomic E-state index is 13.5. The molecule has 5 heteroatoms. The number of Topliss-reactive ketones (excluding diaryl/α,β-unsaturated/α-hetero) is 1. The highest BCUT2D eigenvalue weighted by Gasteiger charge is 2.09. The lowest BCUT2D eigenvalue weighted by atomic mass is 10.1. The number of carbonyl (C=O) groups is 1. The average Bonchev–Trinajstić information content (AvgIpc) is 2.36. The van der Waals surface area contributed by atoms with Gasteiger partial charge >= 0.3 is 0 Å². The van der Waals surface area contributed by atoms with Crippen LogP contribution in [0.4, 0.5) is 14.5 Å². The van der Waals surface area contributed by atoms with Gasteiger partial charge in [-0.25, -0.2) is 8.78 Å². The van der Waals surface area contributed by atoms with Gasteiger partial charge in [0.15, 0.2) is 5.78 Å². The van der Waals surface area contributed by atoms with Crippen LogP contribution in [0.3, 0.4) is 0 Å². The van der Waals surface area contributed by atoms with Gasteiger partial charge in [0.05, 0.1) is 4.90 Å². The van der Waals surface area contributed by atoms with Gasteiger partial charge in [0.1, 0.15) is 11.6 Å². The van der Waals surface area contributed by atoms with Gasteiger partial charge in [-0.3, -0.25) is 4.79 Å². The zero-order valence-corrected chi connectivity index (χ0v) is 10.9. The van der Waals surface area contributed by atoms with Crippen molar-refractivity contribution >= 4 is 23.2 Å². The van der Waals surface area contributed by atoms with Crippen molar-refractivity contribution in [2.75, 3.05) is 5.73 Å². The molecular formula is C14H11F2NOS. The minimum atomic E-state index is -0.508. The second-order valence-corrected chi connectivity index (χ2v) is 5.10. The highest BCUT2D eigenvalue weighted by Crippen LogP contribution is 2.32. The average molecular weight is 279 g/mol. The second kappa shape index (κ2) is 5.40. The SMILES string of the molecule is CC(=O)c1cc(Sc2cc(F)ccc2F)ccc1N. The van der Waals surface area contributed by atoms with E-state index in [0.717, 1.165) is 30.0 Å². The zero-order chi connectivity index (χ0) is 14.0. The number of rotatable bonds is 3. The van der Waals surface area contributed by atoms with Crippen LogP contribution in [0.5, 0.6) is 0 Å². The van der Waals surface area contributed by atoms with Gasteiger partial charge in [-0.15, -0.1) is 0 Å². The Balaban J connectivity index is 2.36. The lowest BCUT2D eigenvalue weighted by Gasteiger charge is -2.07. The monoisotopic (exact) mass is 279 g/mol. The third-order valence-electron chi connectivity index (χ3n) is 2.53. The molecule has 0 fully saturated rings. The van der Waals surface area contributed by atoms with Gasteiger partial charge in [0.25, 0.3) is 0 Å². The van der Waals surface area contributed by atoms with Crippen molar-refractivity contribution in [3.63, 3.8) is 0 Å². The van der Waals surface area contributed by atoms with Gasteiger partial charge in [0, 0.05) is 16.1 Å². The summed E-state index contributed by atoms with van der Waals surface area (Å²) < 4.78 is 26.6. The molecule has 19 heavy (non-hydrogen) atoms. The van der Waals surface area contributed by atoms with Crippen LogP contribution >= 0.6 is 11.8 Å². The first kappa shape index (κ1) is 13.5. The minimum absolute atomic E-state index is 0.166. The molecule has 98 valence electrons. The fraction of sp³-hybridized carbons (Fsp3) is 0.0714. The first-order valence-corrected chi connectivity index (χ1v) is 6.32. The number of nitrogen functional groups attached to an aromatic ring is 1. The summed E-state index contributed by atoms with van der Waals surface area (Å²) in [5.41, 5.74) is 6.42. The lowest BCUT2D eigenvalue weighted by molar-refractivity contribution is 0.101. The van der Waals surface area contributed by atoms with E-state index in [1.165, 1.54) is 6.92 Å². The van der Waals surface area contributed by atoms with Crippen LogP contribution in [0, 0.1) is 11.6 Å². The van der Waals surface area contributed by atoms with Crippen LogP contribution in [0.2, 0.25) is 0 Å². The molecule has 0 aliphatic heterocycles. The summed E-state index contributed by atoms with van der Waals surface area (Å²) in [6.45, 7) is 1.41. The van der Waals surface area contributed by atoms with Crippen molar-refractivity contribution in [3.05, 3.63) is 53.6 Å². The number of hydrogen-bond acceptors (Lipinski definition) is 3. The predicted molar refractivity (Wildman–Crippen MR) is 71.3 cm³/mol. The maximum atomic E-state index is 13.5. The summed E-state index contributed by atoms with van der Waals surface area (Å²) >= 11 is 1.05. The standard InChI is InChI=1S/C14H11F2NOS/c1-8(18)11-7-10(3-5-13(11)17)19-14-6-9(15)2-4-12(14)16/h2-7H,17H2,1H3.